The molecule has 1 aliphatic rings. The van der Waals surface area contributed by atoms with Crippen LogP contribution in [0.4, 0.5) is 0 Å². The first kappa shape index (κ1) is 9.12. The molecule has 0 saturated heterocycles. The number of fused-ring (bicyclic) bond motifs is 1. The summed E-state index contributed by atoms with van der Waals surface area (Å²) in [5, 5.41) is 0. The van der Waals surface area contributed by atoms with E-state index >= 15 is 0 Å². The molecule has 0 aliphatic carbocycles. The van der Waals surface area contributed by atoms with E-state index in [1.54, 1.807) is 0 Å². The second-order valence-corrected chi connectivity index (χ2v) is 4.47. The first-order chi connectivity index (χ1) is 6.16. The molecule has 13 heavy (non-hydrogen) atoms. The average Bonchev–Trinajstić information content (AvgIpc) is 2.08. The van der Waals surface area contributed by atoms with Crippen molar-refractivity contribution in [2.45, 2.75) is 24.1 Å². The third kappa shape index (κ3) is 1.75. The molecule has 0 spiro atoms. The Morgan fingerprint density at radius 1 is 1.23 bits per heavy atom. The zero-order chi connectivity index (χ0) is 9.42. The molecule has 0 fully saturated rings. The smallest absolute Gasteiger partial charge is 0.185 e. The summed E-state index contributed by atoms with van der Waals surface area (Å²) in [7, 11) is 0. The number of rotatable bonds is 0. The van der Waals surface area contributed by atoms with Gasteiger partial charge in [-0.15, -0.1) is 0 Å². The van der Waals surface area contributed by atoms with Gasteiger partial charge in [0, 0.05) is 0 Å². The molecular weight excluding hydrogens is 279 g/mol. The van der Waals surface area contributed by atoms with Crippen LogP contribution in [-0.4, -0.2) is 10.2 Å². The van der Waals surface area contributed by atoms with Crippen molar-refractivity contribution in [2.24, 2.45) is 0 Å². The van der Waals surface area contributed by atoms with E-state index in [2.05, 4.69) is 22.6 Å². The highest BCUT2D eigenvalue weighted by Gasteiger charge is 2.25. The van der Waals surface area contributed by atoms with Gasteiger partial charge in [0.05, 0.1) is 0 Å². The third-order valence-corrected chi connectivity index (χ3v) is 3.29. The molecule has 0 N–H and O–H groups in total. The molecule has 1 aromatic rings. The van der Waals surface area contributed by atoms with Gasteiger partial charge in [0.2, 0.25) is 0 Å². The number of hydrogen-bond acceptors (Lipinski definition) is 2. The highest BCUT2D eigenvalue weighted by molar-refractivity contribution is 14.1. The van der Waals surface area contributed by atoms with Crippen LogP contribution in [0, 0.1) is 6.92 Å². The number of halogens is 1. The zero-order valence-corrected chi connectivity index (χ0v) is 9.74. The van der Waals surface area contributed by atoms with Crippen molar-refractivity contribution in [3.8, 4) is 11.5 Å². The summed E-state index contributed by atoms with van der Waals surface area (Å²) in [5.41, 5.74) is 1.20. The maximum absolute atomic E-state index is 5.69. The molecule has 70 valence electrons. The quantitative estimate of drug-likeness (QED) is 0.540. The Bertz CT molecular complexity index is 325. The minimum atomic E-state index is 0.104. The normalized spacial score (nSPS) is 25.8. The second kappa shape index (κ2) is 3.36. The van der Waals surface area contributed by atoms with Gasteiger partial charge in [0.15, 0.2) is 15.6 Å². The fourth-order valence-corrected chi connectivity index (χ4v) is 1.70. The lowest BCUT2D eigenvalue weighted by molar-refractivity contribution is 0.0923. The number of aryl methyl sites for hydroxylation is 1. The molecular formula is C10H11IO2. The average molecular weight is 290 g/mol. The molecule has 2 unspecified atom stereocenters. The monoisotopic (exact) mass is 290 g/mol. The lowest BCUT2D eigenvalue weighted by Crippen LogP contribution is -2.32. The molecule has 0 amide bonds. The largest absolute Gasteiger partial charge is 0.482 e. The van der Waals surface area contributed by atoms with Gasteiger partial charge in [0.1, 0.15) is 6.10 Å². The van der Waals surface area contributed by atoms with Crippen LogP contribution in [0.2, 0.25) is 0 Å². The Balaban J connectivity index is 2.37. The summed E-state index contributed by atoms with van der Waals surface area (Å²) in [4.78, 5) is 0. The van der Waals surface area contributed by atoms with E-state index in [0.29, 0.717) is 0 Å². The van der Waals surface area contributed by atoms with Crippen LogP contribution < -0.4 is 9.47 Å². The van der Waals surface area contributed by atoms with Gasteiger partial charge < -0.3 is 9.47 Å². The van der Waals surface area contributed by atoms with E-state index in [-0.39, 0.29) is 10.2 Å². The van der Waals surface area contributed by atoms with Crippen LogP contribution in [-0.2, 0) is 0 Å². The fourth-order valence-electron chi connectivity index (χ4n) is 1.28. The fraction of sp³-hybridized carbons (Fsp3) is 0.400. The molecule has 0 bridgehead atoms. The summed E-state index contributed by atoms with van der Waals surface area (Å²) in [6, 6.07) is 6.00. The van der Waals surface area contributed by atoms with E-state index in [4.69, 9.17) is 9.47 Å². The highest BCUT2D eigenvalue weighted by atomic mass is 127. The summed E-state index contributed by atoms with van der Waals surface area (Å²) >= 11 is 2.24. The van der Waals surface area contributed by atoms with Gasteiger partial charge in [-0.05, 0) is 54.1 Å². The van der Waals surface area contributed by atoms with Gasteiger partial charge in [-0.2, -0.15) is 0 Å². The van der Waals surface area contributed by atoms with E-state index in [0.717, 1.165) is 11.5 Å². The van der Waals surface area contributed by atoms with Gasteiger partial charge in [0.25, 0.3) is 0 Å². The standard InChI is InChI=1S/C10H11IO2/c1-6-3-4-8-9(5-6)12-7(2)10(11)13-8/h3-5,7,10H,1-2H3. The molecule has 0 saturated carbocycles. The van der Waals surface area contributed by atoms with Crippen LogP contribution in [0.5, 0.6) is 11.5 Å². The highest BCUT2D eigenvalue weighted by Crippen LogP contribution is 2.36. The Labute approximate surface area is 91.4 Å². The molecule has 3 heteroatoms. The molecule has 2 rings (SSSR count). The molecule has 1 aromatic carbocycles. The minimum Gasteiger partial charge on any atom is -0.482 e. The molecule has 0 radical (unpaired) electrons. The van der Waals surface area contributed by atoms with E-state index < -0.39 is 0 Å². The first-order valence-corrected chi connectivity index (χ1v) is 5.49. The lowest BCUT2D eigenvalue weighted by atomic mass is 10.2. The SMILES string of the molecule is Cc1ccc2c(c1)OC(C)C(I)O2. The van der Waals surface area contributed by atoms with Gasteiger partial charge in [-0.3, -0.25) is 0 Å². The topological polar surface area (TPSA) is 18.5 Å². The van der Waals surface area contributed by atoms with Crippen molar-refractivity contribution >= 4 is 22.6 Å². The van der Waals surface area contributed by atoms with Gasteiger partial charge in [-0.1, -0.05) is 6.07 Å². The van der Waals surface area contributed by atoms with Crippen LogP contribution >= 0.6 is 22.6 Å². The molecule has 1 aliphatic heterocycles. The minimum absolute atomic E-state index is 0.104. The second-order valence-electron chi connectivity index (χ2n) is 3.24. The number of hydrogen-bond donors (Lipinski definition) is 0. The van der Waals surface area contributed by atoms with Crippen molar-refractivity contribution in [3.63, 3.8) is 0 Å². The predicted molar refractivity (Wildman–Crippen MR) is 59.7 cm³/mol. The molecule has 1 heterocycles. The number of benzene rings is 1. The van der Waals surface area contributed by atoms with Crippen molar-refractivity contribution in [1.29, 1.82) is 0 Å². The van der Waals surface area contributed by atoms with Crippen molar-refractivity contribution in [3.05, 3.63) is 23.8 Å². The number of ether oxygens (including phenoxy) is 2. The molecule has 0 aromatic heterocycles. The van der Waals surface area contributed by atoms with Crippen molar-refractivity contribution < 1.29 is 9.47 Å². The van der Waals surface area contributed by atoms with Crippen LogP contribution in [0.25, 0.3) is 0 Å². The Morgan fingerprint density at radius 3 is 2.77 bits per heavy atom. The van der Waals surface area contributed by atoms with Crippen molar-refractivity contribution in [1.82, 2.24) is 0 Å². The zero-order valence-electron chi connectivity index (χ0n) is 7.58. The Kier molecular flexibility index (Phi) is 2.36. The lowest BCUT2D eigenvalue weighted by Gasteiger charge is -2.28. The Morgan fingerprint density at radius 2 is 2.00 bits per heavy atom. The first-order valence-electron chi connectivity index (χ1n) is 4.25. The Hall–Kier alpha value is -0.450. The summed E-state index contributed by atoms with van der Waals surface area (Å²) in [6.07, 6.45) is 0.120. The molecule has 2 atom stereocenters. The van der Waals surface area contributed by atoms with E-state index in [1.807, 2.05) is 32.0 Å². The van der Waals surface area contributed by atoms with E-state index in [9.17, 15) is 0 Å². The van der Waals surface area contributed by atoms with Crippen LogP contribution in [0.1, 0.15) is 12.5 Å². The predicted octanol–water partition coefficient (Wildman–Crippen LogP) is 2.92. The maximum Gasteiger partial charge on any atom is 0.185 e. The van der Waals surface area contributed by atoms with Crippen LogP contribution in [0.15, 0.2) is 18.2 Å². The van der Waals surface area contributed by atoms with Gasteiger partial charge >= 0.3 is 0 Å². The summed E-state index contributed by atoms with van der Waals surface area (Å²) in [5.74, 6) is 1.71. The summed E-state index contributed by atoms with van der Waals surface area (Å²) < 4.78 is 11.5. The van der Waals surface area contributed by atoms with Crippen molar-refractivity contribution in [2.75, 3.05) is 0 Å². The number of alkyl halides is 1. The van der Waals surface area contributed by atoms with Crippen LogP contribution in [0.3, 0.4) is 0 Å². The maximum atomic E-state index is 5.69. The molecule has 2 nitrogen and oxygen atoms in total. The third-order valence-electron chi connectivity index (χ3n) is 2.02. The summed E-state index contributed by atoms with van der Waals surface area (Å²) in [6.45, 7) is 4.06. The van der Waals surface area contributed by atoms with Gasteiger partial charge in [-0.25, -0.2) is 0 Å². The van der Waals surface area contributed by atoms with E-state index in [1.165, 1.54) is 5.56 Å².